The number of benzene rings is 1. The van der Waals surface area contributed by atoms with Gasteiger partial charge in [0, 0.05) is 0 Å². The molecule has 2 nitrogen and oxygen atoms in total. The maximum absolute atomic E-state index is 12.0. The van der Waals surface area contributed by atoms with Gasteiger partial charge in [-0.25, -0.2) is 4.79 Å². The van der Waals surface area contributed by atoms with Gasteiger partial charge in [0.1, 0.15) is 0 Å². The molecule has 0 aromatic heterocycles. The minimum absolute atomic E-state index is 0.00378. The third kappa shape index (κ3) is 13.3. The van der Waals surface area contributed by atoms with E-state index in [1.807, 2.05) is 25.1 Å². The van der Waals surface area contributed by atoms with Crippen LogP contribution in [0.15, 0.2) is 42.5 Å². The van der Waals surface area contributed by atoms with Gasteiger partial charge in [-0.2, -0.15) is 0 Å². The minimum atomic E-state index is -0.205. The van der Waals surface area contributed by atoms with Crippen LogP contribution in [0.1, 0.15) is 108 Å². The van der Waals surface area contributed by atoms with Gasteiger partial charge in [-0.15, -0.1) is 0 Å². The highest BCUT2D eigenvalue weighted by atomic mass is 16.5. The van der Waals surface area contributed by atoms with E-state index in [4.69, 9.17) is 4.74 Å². The second kappa shape index (κ2) is 16.6. The summed E-state index contributed by atoms with van der Waals surface area (Å²) >= 11 is 0. The Labute approximate surface area is 167 Å². The third-order valence-corrected chi connectivity index (χ3v) is 4.92. The first-order valence-corrected chi connectivity index (χ1v) is 11.1. The van der Waals surface area contributed by atoms with Crippen molar-refractivity contribution in [3.05, 3.63) is 48.0 Å². The lowest BCUT2D eigenvalue weighted by Gasteiger charge is -2.13. The number of carbonyl (C=O) groups is 1. The largest absolute Gasteiger partial charge is 0.459 e. The van der Waals surface area contributed by atoms with Crippen molar-refractivity contribution in [2.45, 2.75) is 103 Å². The molecule has 0 radical (unpaired) electrons. The predicted molar refractivity (Wildman–Crippen MR) is 116 cm³/mol. The molecule has 0 heterocycles. The van der Waals surface area contributed by atoms with E-state index < -0.39 is 0 Å². The van der Waals surface area contributed by atoms with Gasteiger partial charge < -0.3 is 4.74 Å². The van der Waals surface area contributed by atoms with Crippen LogP contribution in [0.4, 0.5) is 0 Å². The van der Waals surface area contributed by atoms with Gasteiger partial charge in [-0.3, -0.25) is 0 Å². The Bertz CT molecular complexity index is 492. The lowest BCUT2D eigenvalue weighted by molar-refractivity contribution is 0.0319. The van der Waals surface area contributed by atoms with E-state index >= 15 is 0 Å². The Balaban J connectivity index is 1.87. The SMILES string of the molecule is CCCC=CCCCCCCCCCCCC(C)OC(=O)c1ccccc1. The molecule has 1 rings (SSSR count). The van der Waals surface area contributed by atoms with Gasteiger partial charge >= 0.3 is 5.97 Å². The van der Waals surface area contributed by atoms with Crippen molar-refractivity contribution in [1.29, 1.82) is 0 Å². The van der Waals surface area contributed by atoms with E-state index in [9.17, 15) is 4.79 Å². The van der Waals surface area contributed by atoms with Crippen LogP contribution in [0.25, 0.3) is 0 Å². The second-order valence-electron chi connectivity index (χ2n) is 7.60. The first-order valence-electron chi connectivity index (χ1n) is 11.1. The van der Waals surface area contributed by atoms with Crippen LogP contribution in [0, 0.1) is 0 Å². The Morgan fingerprint density at radius 2 is 1.41 bits per heavy atom. The number of allylic oxidation sites excluding steroid dienone is 2. The van der Waals surface area contributed by atoms with Crippen molar-refractivity contribution < 1.29 is 9.53 Å². The number of rotatable bonds is 16. The summed E-state index contributed by atoms with van der Waals surface area (Å²) in [6.45, 7) is 4.23. The summed E-state index contributed by atoms with van der Waals surface area (Å²) < 4.78 is 5.51. The van der Waals surface area contributed by atoms with Crippen LogP contribution in [0.2, 0.25) is 0 Å². The van der Waals surface area contributed by atoms with E-state index in [2.05, 4.69) is 19.1 Å². The quantitative estimate of drug-likeness (QED) is 0.167. The zero-order valence-corrected chi connectivity index (χ0v) is 17.6. The van der Waals surface area contributed by atoms with Crippen LogP contribution >= 0.6 is 0 Å². The molecule has 0 aliphatic carbocycles. The average Bonchev–Trinajstić information content (AvgIpc) is 2.69. The Kier molecular flexibility index (Phi) is 14.4. The summed E-state index contributed by atoms with van der Waals surface area (Å²) in [7, 11) is 0. The molecule has 2 heteroatoms. The standard InChI is InChI=1S/C25H40O2/c1-3-4-5-6-7-8-9-10-11-12-13-14-15-17-20-23(2)27-25(26)24-21-18-16-19-22-24/h5-6,16,18-19,21-23H,3-4,7-15,17,20H2,1-2H3. The zero-order chi connectivity index (χ0) is 19.6. The molecule has 0 spiro atoms. The fourth-order valence-electron chi connectivity index (χ4n) is 3.22. The van der Waals surface area contributed by atoms with Crippen molar-refractivity contribution in [3.63, 3.8) is 0 Å². The number of esters is 1. The van der Waals surface area contributed by atoms with Crippen molar-refractivity contribution in [1.82, 2.24) is 0 Å². The number of carbonyl (C=O) groups excluding carboxylic acids is 1. The smallest absolute Gasteiger partial charge is 0.338 e. The van der Waals surface area contributed by atoms with Crippen molar-refractivity contribution in [2.24, 2.45) is 0 Å². The van der Waals surface area contributed by atoms with Crippen molar-refractivity contribution in [2.75, 3.05) is 0 Å². The highest BCUT2D eigenvalue weighted by molar-refractivity contribution is 5.89. The number of hydrogen-bond donors (Lipinski definition) is 0. The van der Waals surface area contributed by atoms with E-state index in [1.54, 1.807) is 12.1 Å². The monoisotopic (exact) mass is 372 g/mol. The van der Waals surface area contributed by atoms with Gasteiger partial charge in [0.05, 0.1) is 11.7 Å². The van der Waals surface area contributed by atoms with E-state index in [0.717, 1.165) is 12.8 Å². The summed E-state index contributed by atoms with van der Waals surface area (Å²) in [5.41, 5.74) is 0.640. The zero-order valence-electron chi connectivity index (χ0n) is 17.6. The minimum Gasteiger partial charge on any atom is -0.459 e. The summed E-state index contributed by atoms with van der Waals surface area (Å²) in [4.78, 5) is 12.0. The fraction of sp³-hybridized carbons (Fsp3) is 0.640. The maximum atomic E-state index is 12.0. The molecule has 0 amide bonds. The fourth-order valence-corrected chi connectivity index (χ4v) is 3.22. The van der Waals surface area contributed by atoms with Crippen LogP contribution in [-0.2, 0) is 4.74 Å². The molecule has 1 atom stereocenters. The molecule has 1 unspecified atom stereocenters. The molecular weight excluding hydrogens is 332 g/mol. The Morgan fingerprint density at radius 3 is 2.04 bits per heavy atom. The van der Waals surface area contributed by atoms with Crippen molar-refractivity contribution in [3.8, 4) is 0 Å². The molecule has 1 aromatic carbocycles. The topological polar surface area (TPSA) is 26.3 Å². The highest BCUT2D eigenvalue weighted by Crippen LogP contribution is 2.14. The predicted octanol–water partition coefficient (Wildman–Crippen LogP) is 7.88. The third-order valence-electron chi connectivity index (χ3n) is 4.92. The molecule has 1 aromatic rings. The van der Waals surface area contributed by atoms with Crippen LogP contribution < -0.4 is 0 Å². The molecule has 0 fully saturated rings. The Morgan fingerprint density at radius 1 is 0.852 bits per heavy atom. The van der Waals surface area contributed by atoms with Crippen molar-refractivity contribution >= 4 is 5.97 Å². The lowest BCUT2D eigenvalue weighted by atomic mass is 10.0. The highest BCUT2D eigenvalue weighted by Gasteiger charge is 2.10. The average molecular weight is 373 g/mol. The second-order valence-corrected chi connectivity index (χ2v) is 7.60. The molecule has 27 heavy (non-hydrogen) atoms. The normalized spacial score (nSPS) is 12.4. The summed E-state index contributed by atoms with van der Waals surface area (Å²) in [6.07, 6.45) is 21.3. The van der Waals surface area contributed by atoms with Crippen LogP contribution in [0.3, 0.4) is 0 Å². The van der Waals surface area contributed by atoms with Gasteiger partial charge in [-0.1, -0.05) is 88.6 Å². The summed E-state index contributed by atoms with van der Waals surface area (Å²) in [6, 6.07) is 9.25. The molecule has 0 N–H and O–H groups in total. The number of hydrogen-bond acceptors (Lipinski definition) is 2. The molecule has 152 valence electrons. The van der Waals surface area contributed by atoms with Gasteiger partial charge in [0.25, 0.3) is 0 Å². The molecular formula is C25H40O2. The molecule has 0 aliphatic heterocycles. The van der Waals surface area contributed by atoms with Gasteiger partial charge in [0.2, 0.25) is 0 Å². The summed E-state index contributed by atoms with van der Waals surface area (Å²) in [5.74, 6) is -0.205. The number of ether oxygens (including phenoxy) is 1. The first kappa shape index (κ1) is 23.5. The van der Waals surface area contributed by atoms with E-state index in [1.165, 1.54) is 70.6 Å². The lowest BCUT2D eigenvalue weighted by Crippen LogP contribution is -2.14. The molecule has 0 saturated heterocycles. The van der Waals surface area contributed by atoms with E-state index in [-0.39, 0.29) is 12.1 Å². The number of unbranched alkanes of at least 4 members (excludes halogenated alkanes) is 10. The van der Waals surface area contributed by atoms with Crippen LogP contribution in [0.5, 0.6) is 0 Å². The molecule has 0 saturated carbocycles. The summed E-state index contributed by atoms with van der Waals surface area (Å²) in [5, 5.41) is 0. The first-order chi connectivity index (χ1) is 13.2. The van der Waals surface area contributed by atoms with Gasteiger partial charge in [0.15, 0.2) is 0 Å². The van der Waals surface area contributed by atoms with Crippen LogP contribution in [-0.4, -0.2) is 12.1 Å². The molecule has 0 aliphatic rings. The maximum Gasteiger partial charge on any atom is 0.338 e. The van der Waals surface area contributed by atoms with Gasteiger partial charge in [-0.05, 0) is 51.2 Å². The molecule has 0 bridgehead atoms. The van der Waals surface area contributed by atoms with E-state index in [0.29, 0.717) is 5.56 Å². The Hall–Kier alpha value is -1.57.